The van der Waals surface area contributed by atoms with Gasteiger partial charge in [0.05, 0.1) is 7.11 Å². The fourth-order valence-electron chi connectivity index (χ4n) is 1.92. The minimum Gasteiger partial charge on any atom is -0.493 e. The summed E-state index contributed by atoms with van der Waals surface area (Å²) in [5, 5.41) is 9.94. The minimum atomic E-state index is -1.20. The summed E-state index contributed by atoms with van der Waals surface area (Å²) in [6.07, 6.45) is -1.20. The molecule has 0 aliphatic carbocycles. The summed E-state index contributed by atoms with van der Waals surface area (Å²) in [4.78, 5) is 0. The maximum absolute atomic E-state index is 13.5. The van der Waals surface area contributed by atoms with Crippen molar-refractivity contribution in [1.29, 1.82) is 0 Å². The van der Waals surface area contributed by atoms with Crippen molar-refractivity contribution in [3.8, 4) is 11.5 Å². The topological polar surface area (TPSA) is 38.7 Å². The summed E-state index contributed by atoms with van der Waals surface area (Å²) in [6, 6.07) is 8.36. The van der Waals surface area contributed by atoms with E-state index in [-0.39, 0.29) is 12.2 Å². The van der Waals surface area contributed by atoms with Crippen molar-refractivity contribution in [2.45, 2.75) is 13.0 Å². The predicted molar refractivity (Wildman–Crippen MR) is 74.5 cm³/mol. The number of aryl methyl sites for hydroxylation is 1. The average Bonchev–Trinajstić information content (AvgIpc) is 2.45. The molecule has 1 N–H and O–H groups in total. The molecule has 0 aliphatic rings. The van der Waals surface area contributed by atoms with Crippen LogP contribution in [-0.4, -0.2) is 18.8 Å². The highest BCUT2D eigenvalue weighted by atomic mass is 19.1. The molecule has 0 fully saturated rings. The van der Waals surface area contributed by atoms with Gasteiger partial charge >= 0.3 is 0 Å². The molecule has 0 spiro atoms. The summed E-state index contributed by atoms with van der Waals surface area (Å²) < 4.78 is 37.0. The molecule has 2 aromatic carbocycles. The molecule has 0 aromatic heterocycles. The molecular weight excluding hydrogens is 278 g/mol. The summed E-state index contributed by atoms with van der Waals surface area (Å²) in [6.45, 7) is 1.75. The summed E-state index contributed by atoms with van der Waals surface area (Å²) in [5.41, 5.74) is 0.992. The van der Waals surface area contributed by atoms with Crippen LogP contribution in [0.1, 0.15) is 17.2 Å². The van der Waals surface area contributed by atoms with E-state index >= 15 is 0 Å². The van der Waals surface area contributed by atoms with Gasteiger partial charge in [0.25, 0.3) is 0 Å². The largest absolute Gasteiger partial charge is 0.493 e. The van der Waals surface area contributed by atoms with Gasteiger partial charge in [-0.15, -0.1) is 0 Å². The van der Waals surface area contributed by atoms with Crippen molar-refractivity contribution in [2.75, 3.05) is 13.7 Å². The molecule has 112 valence electrons. The zero-order chi connectivity index (χ0) is 15.4. The third kappa shape index (κ3) is 3.70. The van der Waals surface area contributed by atoms with E-state index in [4.69, 9.17) is 9.47 Å². The summed E-state index contributed by atoms with van der Waals surface area (Å²) >= 11 is 0. The quantitative estimate of drug-likeness (QED) is 0.918. The minimum absolute atomic E-state index is 0.0116. The number of aliphatic hydroxyl groups excluding tert-OH is 1. The Bertz CT molecular complexity index is 629. The van der Waals surface area contributed by atoms with E-state index in [9.17, 15) is 13.9 Å². The lowest BCUT2D eigenvalue weighted by Crippen LogP contribution is -2.12. The monoisotopic (exact) mass is 294 g/mol. The van der Waals surface area contributed by atoms with Crippen LogP contribution >= 0.6 is 0 Å². The Kier molecular flexibility index (Phi) is 4.75. The van der Waals surface area contributed by atoms with E-state index in [2.05, 4.69) is 0 Å². The van der Waals surface area contributed by atoms with Gasteiger partial charge in [0, 0.05) is 11.6 Å². The highest BCUT2D eigenvalue weighted by molar-refractivity contribution is 5.42. The lowest BCUT2D eigenvalue weighted by atomic mass is 10.1. The van der Waals surface area contributed by atoms with Crippen LogP contribution in [0.5, 0.6) is 11.5 Å². The molecule has 0 saturated heterocycles. The summed E-state index contributed by atoms with van der Waals surface area (Å²) in [5.74, 6) is -0.516. The zero-order valence-corrected chi connectivity index (χ0v) is 11.8. The van der Waals surface area contributed by atoms with Crippen LogP contribution in [-0.2, 0) is 0 Å². The van der Waals surface area contributed by atoms with Crippen molar-refractivity contribution in [2.24, 2.45) is 0 Å². The zero-order valence-electron chi connectivity index (χ0n) is 11.8. The highest BCUT2D eigenvalue weighted by Crippen LogP contribution is 2.29. The molecule has 2 aromatic rings. The molecule has 2 rings (SSSR count). The smallest absolute Gasteiger partial charge is 0.161 e. The number of aliphatic hydroxyl groups is 1. The Balaban J connectivity index is 2.09. The van der Waals surface area contributed by atoms with Crippen molar-refractivity contribution in [3.05, 3.63) is 59.2 Å². The van der Waals surface area contributed by atoms with Crippen LogP contribution in [0, 0.1) is 18.6 Å². The Morgan fingerprint density at radius 1 is 1.10 bits per heavy atom. The number of ether oxygens (including phenoxy) is 2. The van der Waals surface area contributed by atoms with E-state index in [1.807, 2.05) is 13.0 Å². The van der Waals surface area contributed by atoms with Crippen LogP contribution in [0.3, 0.4) is 0 Å². The number of rotatable bonds is 5. The molecule has 0 aliphatic heterocycles. The maximum Gasteiger partial charge on any atom is 0.161 e. The van der Waals surface area contributed by atoms with Gasteiger partial charge in [-0.3, -0.25) is 0 Å². The van der Waals surface area contributed by atoms with Crippen molar-refractivity contribution >= 4 is 0 Å². The first-order valence-corrected chi connectivity index (χ1v) is 6.41. The standard InChI is InChI=1S/C16H16F2O3/c1-10-3-6-15(16(7-10)20-2)21-9-14(19)12-5-4-11(17)8-13(12)18/h3-8,14,19H,9H2,1-2H3. The average molecular weight is 294 g/mol. The third-order valence-corrected chi connectivity index (χ3v) is 3.04. The normalized spacial score (nSPS) is 12.0. The van der Waals surface area contributed by atoms with Crippen LogP contribution in [0.2, 0.25) is 0 Å². The van der Waals surface area contributed by atoms with Crippen molar-refractivity contribution in [1.82, 2.24) is 0 Å². The van der Waals surface area contributed by atoms with Gasteiger partial charge in [-0.2, -0.15) is 0 Å². The van der Waals surface area contributed by atoms with Gasteiger partial charge < -0.3 is 14.6 Å². The van der Waals surface area contributed by atoms with Crippen molar-refractivity contribution < 1.29 is 23.4 Å². The fraction of sp³-hybridized carbons (Fsp3) is 0.250. The fourth-order valence-corrected chi connectivity index (χ4v) is 1.92. The van der Waals surface area contributed by atoms with Gasteiger partial charge in [0.2, 0.25) is 0 Å². The van der Waals surface area contributed by atoms with E-state index < -0.39 is 17.7 Å². The lowest BCUT2D eigenvalue weighted by molar-refractivity contribution is 0.103. The number of halogens is 2. The molecular formula is C16H16F2O3. The molecule has 0 heterocycles. The first-order chi connectivity index (χ1) is 10.0. The molecule has 5 heteroatoms. The van der Waals surface area contributed by atoms with Gasteiger partial charge in [-0.1, -0.05) is 12.1 Å². The van der Waals surface area contributed by atoms with Crippen LogP contribution < -0.4 is 9.47 Å². The number of hydrogen-bond acceptors (Lipinski definition) is 3. The van der Waals surface area contributed by atoms with Gasteiger partial charge in [-0.05, 0) is 30.7 Å². The van der Waals surface area contributed by atoms with Crippen LogP contribution in [0.25, 0.3) is 0 Å². The second kappa shape index (κ2) is 6.54. The Morgan fingerprint density at radius 2 is 1.86 bits per heavy atom. The molecule has 21 heavy (non-hydrogen) atoms. The van der Waals surface area contributed by atoms with Crippen LogP contribution in [0.4, 0.5) is 8.78 Å². The molecule has 0 amide bonds. The molecule has 3 nitrogen and oxygen atoms in total. The Morgan fingerprint density at radius 3 is 2.52 bits per heavy atom. The second-order valence-electron chi connectivity index (χ2n) is 4.65. The van der Waals surface area contributed by atoms with E-state index in [0.717, 1.165) is 17.7 Å². The van der Waals surface area contributed by atoms with Crippen molar-refractivity contribution in [3.63, 3.8) is 0 Å². The van der Waals surface area contributed by atoms with Gasteiger partial charge in [-0.25, -0.2) is 8.78 Å². The first-order valence-electron chi connectivity index (χ1n) is 6.41. The number of hydrogen-bond donors (Lipinski definition) is 1. The molecule has 1 unspecified atom stereocenters. The van der Waals surface area contributed by atoms with E-state index in [1.54, 1.807) is 12.1 Å². The van der Waals surface area contributed by atoms with Gasteiger partial charge in [0.15, 0.2) is 11.5 Å². The van der Waals surface area contributed by atoms with Gasteiger partial charge in [0.1, 0.15) is 24.3 Å². The molecule has 1 atom stereocenters. The number of benzene rings is 2. The lowest BCUT2D eigenvalue weighted by Gasteiger charge is -2.15. The SMILES string of the molecule is COc1cc(C)ccc1OCC(O)c1ccc(F)cc1F. The molecule has 0 radical (unpaired) electrons. The Labute approximate surface area is 121 Å². The highest BCUT2D eigenvalue weighted by Gasteiger charge is 2.15. The number of methoxy groups -OCH3 is 1. The Hall–Kier alpha value is -2.14. The predicted octanol–water partition coefficient (Wildman–Crippen LogP) is 3.39. The van der Waals surface area contributed by atoms with E-state index in [0.29, 0.717) is 11.5 Å². The molecule has 0 bridgehead atoms. The third-order valence-electron chi connectivity index (χ3n) is 3.04. The van der Waals surface area contributed by atoms with Crippen LogP contribution in [0.15, 0.2) is 36.4 Å². The molecule has 0 saturated carbocycles. The summed E-state index contributed by atoms with van der Waals surface area (Å²) in [7, 11) is 1.51. The maximum atomic E-state index is 13.5. The van der Waals surface area contributed by atoms with E-state index in [1.165, 1.54) is 13.2 Å². The first kappa shape index (κ1) is 15.3. The second-order valence-corrected chi connectivity index (χ2v) is 4.65.